The van der Waals surface area contributed by atoms with Crippen LogP contribution < -0.4 is 15.7 Å². The SMILES string of the molecule is CN(CCOc1cccc(CNC(=O)c2cc3ccccc3oc2=O)c1)C1CCOCC1. The van der Waals surface area contributed by atoms with E-state index in [2.05, 4.69) is 17.3 Å². The van der Waals surface area contributed by atoms with Crippen molar-refractivity contribution >= 4 is 16.9 Å². The lowest BCUT2D eigenvalue weighted by Gasteiger charge is -2.31. The van der Waals surface area contributed by atoms with Gasteiger partial charge in [-0.3, -0.25) is 9.69 Å². The molecule has 0 saturated carbocycles. The van der Waals surface area contributed by atoms with Crippen molar-refractivity contribution in [1.82, 2.24) is 10.2 Å². The number of amides is 1. The molecule has 1 saturated heterocycles. The maximum absolute atomic E-state index is 12.5. The van der Waals surface area contributed by atoms with Gasteiger partial charge < -0.3 is 19.2 Å². The third-order valence-electron chi connectivity index (χ3n) is 5.76. The molecule has 2 aromatic carbocycles. The zero-order valence-electron chi connectivity index (χ0n) is 18.2. The first-order valence-electron chi connectivity index (χ1n) is 10.9. The molecule has 0 bridgehead atoms. The molecule has 7 heteroatoms. The second-order valence-electron chi connectivity index (χ2n) is 7.99. The van der Waals surface area contributed by atoms with Gasteiger partial charge in [0.25, 0.3) is 5.91 Å². The maximum Gasteiger partial charge on any atom is 0.349 e. The van der Waals surface area contributed by atoms with Crippen molar-refractivity contribution in [2.75, 3.05) is 33.4 Å². The number of nitrogens with one attached hydrogen (secondary N) is 1. The highest BCUT2D eigenvalue weighted by Crippen LogP contribution is 2.16. The molecule has 0 radical (unpaired) electrons. The number of hydrogen-bond acceptors (Lipinski definition) is 6. The Bertz CT molecular complexity index is 1120. The van der Waals surface area contributed by atoms with Crippen molar-refractivity contribution in [2.45, 2.75) is 25.4 Å². The van der Waals surface area contributed by atoms with Gasteiger partial charge in [-0.1, -0.05) is 30.3 Å². The van der Waals surface area contributed by atoms with Crippen LogP contribution in [0.15, 0.2) is 63.8 Å². The molecule has 1 N–H and O–H groups in total. The minimum Gasteiger partial charge on any atom is -0.492 e. The summed E-state index contributed by atoms with van der Waals surface area (Å²) < 4.78 is 16.6. The Balaban J connectivity index is 1.30. The van der Waals surface area contributed by atoms with Crippen LogP contribution in [0.2, 0.25) is 0 Å². The van der Waals surface area contributed by atoms with Gasteiger partial charge in [-0.25, -0.2) is 4.79 Å². The third-order valence-corrected chi connectivity index (χ3v) is 5.76. The topological polar surface area (TPSA) is 81.0 Å². The zero-order valence-corrected chi connectivity index (χ0v) is 18.2. The van der Waals surface area contributed by atoms with Gasteiger partial charge in [-0.15, -0.1) is 0 Å². The molecule has 0 aliphatic carbocycles. The highest BCUT2D eigenvalue weighted by atomic mass is 16.5. The Morgan fingerprint density at radius 2 is 1.94 bits per heavy atom. The molecule has 1 fully saturated rings. The first-order chi connectivity index (χ1) is 15.6. The number of likely N-dealkylation sites (N-methyl/N-ethyl adjacent to an activating group) is 1. The minimum atomic E-state index is -0.646. The monoisotopic (exact) mass is 436 g/mol. The van der Waals surface area contributed by atoms with Gasteiger partial charge >= 0.3 is 5.63 Å². The largest absolute Gasteiger partial charge is 0.492 e. The van der Waals surface area contributed by atoms with Gasteiger partial charge in [-0.05, 0) is 49.7 Å². The summed E-state index contributed by atoms with van der Waals surface area (Å²) in [5.74, 6) is 0.288. The normalized spacial score (nSPS) is 14.6. The zero-order chi connectivity index (χ0) is 22.3. The van der Waals surface area contributed by atoms with Crippen LogP contribution in [0.3, 0.4) is 0 Å². The van der Waals surface area contributed by atoms with Gasteiger partial charge in [0.2, 0.25) is 0 Å². The van der Waals surface area contributed by atoms with Crippen molar-refractivity contribution in [3.05, 3.63) is 76.1 Å². The Hall–Kier alpha value is -3.16. The summed E-state index contributed by atoms with van der Waals surface area (Å²) in [4.78, 5) is 27.0. The Morgan fingerprint density at radius 1 is 1.12 bits per heavy atom. The summed E-state index contributed by atoms with van der Waals surface area (Å²) in [6, 6.07) is 16.8. The van der Waals surface area contributed by atoms with Crippen LogP contribution in [0.1, 0.15) is 28.8 Å². The van der Waals surface area contributed by atoms with Crippen LogP contribution in [0, 0.1) is 0 Å². The molecule has 3 aromatic rings. The molecular formula is C25H28N2O5. The lowest BCUT2D eigenvalue weighted by molar-refractivity contribution is 0.0392. The smallest absolute Gasteiger partial charge is 0.349 e. The number of nitrogens with zero attached hydrogens (tertiary/aromatic N) is 1. The number of hydrogen-bond donors (Lipinski definition) is 1. The van der Waals surface area contributed by atoms with E-state index in [1.54, 1.807) is 24.3 Å². The second kappa shape index (κ2) is 10.4. The predicted molar refractivity (Wildman–Crippen MR) is 122 cm³/mol. The van der Waals surface area contributed by atoms with Gasteiger partial charge in [0, 0.05) is 37.7 Å². The van der Waals surface area contributed by atoms with E-state index < -0.39 is 11.5 Å². The fraction of sp³-hybridized carbons (Fsp3) is 0.360. The quantitative estimate of drug-likeness (QED) is 0.546. The van der Waals surface area contributed by atoms with Gasteiger partial charge in [0.1, 0.15) is 23.5 Å². The lowest BCUT2D eigenvalue weighted by Crippen LogP contribution is -2.38. The van der Waals surface area contributed by atoms with Crippen molar-refractivity contribution in [3.8, 4) is 5.75 Å². The van der Waals surface area contributed by atoms with E-state index in [1.807, 2.05) is 30.3 Å². The molecule has 1 amide bonds. The van der Waals surface area contributed by atoms with Crippen LogP contribution in [-0.2, 0) is 11.3 Å². The highest BCUT2D eigenvalue weighted by Gasteiger charge is 2.18. The molecule has 0 unspecified atom stereocenters. The van der Waals surface area contributed by atoms with E-state index in [9.17, 15) is 9.59 Å². The van der Waals surface area contributed by atoms with Crippen LogP contribution >= 0.6 is 0 Å². The molecule has 1 aliphatic rings. The summed E-state index contributed by atoms with van der Waals surface area (Å²) in [7, 11) is 2.12. The molecule has 2 heterocycles. The Labute approximate surface area is 186 Å². The van der Waals surface area contributed by atoms with E-state index in [0.29, 0.717) is 23.6 Å². The van der Waals surface area contributed by atoms with E-state index in [-0.39, 0.29) is 12.1 Å². The lowest BCUT2D eigenvalue weighted by atomic mass is 10.1. The molecule has 1 aliphatic heterocycles. The molecule has 7 nitrogen and oxygen atoms in total. The van der Waals surface area contributed by atoms with Gasteiger partial charge in [-0.2, -0.15) is 0 Å². The Morgan fingerprint density at radius 3 is 2.78 bits per heavy atom. The fourth-order valence-corrected chi connectivity index (χ4v) is 3.86. The summed E-state index contributed by atoms with van der Waals surface area (Å²) in [5, 5.41) is 3.50. The number of fused-ring (bicyclic) bond motifs is 1. The van der Waals surface area contributed by atoms with Crippen LogP contribution in [-0.4, -0.2) is 50.3 Å². The van der Waals surface area contributed by atoms with E-state index in [4.69, 9.17) is 13.9 Å². The number of carbonyl (C=O) groups excluding carboxylic acids is 1. The van der Waals surface area contributed by atoms with E-state index in [0.717, 1.165) is 43.9 Å². The molecular weight excluding hydrogens is 408 g/mol. The van der Waals surface area contributed by atoms with E-state index >= 15 is 0 Å². The van der Waals surface area contributed by atoms with Crippen LogP contribution in [0.5, 0.6) is 5.75 Å². The first kappa shape index (κ1) is 22.0. The van der Waals surface area contributed by atoms with Crippen molar-refractivity contribution in [1.29, 1.82) is 0 Å². The summed E-state index contributed by atoms with van der Waals surface area (Å²) in [5.41, 5.74) is 0.694. The number of ether oxygens (including phenoxy) is 2. The molecule has 0 atom stereocenters. The maximum atomic E-state index is 12.5. The fourth-order valence-electron chi connectivity index (χ4n) is 3.86. The Kier molecular flexibility index (Phi) is 7.19. The average molecular weight is 437 g/mol. The second-order valence-corrected chi connectivity index (χ2v) is 7.99. The first-order valence-corrected chi connectivity index (χ1v) is 10.9. The number of para-hydroxylation sites is 1. The van der Waals surface area contributed by atoms with E-state index in [1.165, 1.54) is 0 Å². The number of carbonyl (C=O) groups is 1. The number of benzene rings is 2. The van der Waals surface area contributed by atoms with Crippen molar-refractivity contribution in [2.24, 2.45) is 0 Å². The third kappa shape index (κ3) is 5.55. The van der Waals surface area contributed by atoms with Crippen LogP contribution in [0.4, 0.5) is 0 Å². The van der Waals surface area contributed by atoms with Gasteiger partial charge in [0.05, 0.1) is 0 Å². The molecule has 32 heavy (non-hydrogen) atoms. The summed E-state index contributed by atoms with van der Waals surface area (Å²) >= 11 is 0. The molecule has 168 valence electrons. The molecule has 1 aromatic heterocycles. The number of rotatable bonds is 8. The minimum absolute atomic E-state index is 0.00717. The van der Waals surface area contributed by atoms with Gasteiger partial charge in [0.15, 0.2) is 0 Å². The summed E-state index contributed by atoms with van der Waals surface area (Å²) in [6.45, 7) is 3.35. The molecule has 0 spiro atoms. The highest BCUT2D eigenvalue weighted by molar-refractivity contribution is 5.96. The van der Waals surface area contributed by atoms with Crippen LogP contribution in [0.25, 0.3) is 11.0 Å². The average Bonchev–Trinajstić information content (AvgIpc) is 2.83. The molecule has 4 rings (SSSR count). The summed E-state index contributed by atoms with van der Waals surface area (Å²) in [6.07, 6.45) is 2.11. The predicted octanol–water partition coefficient (Wildman–Crippen LogP) is 3.21. The standard InChI is InChI=1S/C25H28N2O5/c1-27(20-9-12-30-13-10-20)11-14-31-21-7-4-5-18(15-21)17-26-24(28)22-16-19-6-2-3-8-23(19)32-25(22)29/h2-8,15-16,20H,9-14,17H2,1H3,(H,26,28). The van der Waals surface area contributed by atoms with Crippen molar-refractivity contribution < 1.29 is 18.7 Å². The van der Waals surface area contributed by atoms with Crippen molar-refractivity contribution in [3.63, 3.8) is 0 Å².